The largest absolute Gasteiger partial charge is 0.378 e. The average molecular weight is 376 g/mol. The Morgan fingerprint density at radius 3 is 1.75 bits per heavy atom. The van der Waals surface area contributed by atoms with Gasteiger partial charge >= 0.3 is 0 Å². The second-order valence-electron chi connectivity index (χ2n) is 6.75. The summed E-state index contributed by atoms with van der Waals surface area (Å²) in [5.41, 5.74) is 4.04. The molecule has 0 aliphatic heterocycles. The van der Waals surface area contributed by atoms with E-state index in [-0.39, 0.29) is 11.6 Å². The van der Waals surface area contributed by atoms with Crippen LogP contribution < -0.4 is 20.4 Å². The Hall–Kier alpha value is -3.61. The average Bonchev–Trinajstić information content (AvgIpc) is 2.69. The molecule has 7 heteroatoms. The van der Waals surface area contributed by atoms with Gasteiger partial charge in [0.2, 0.25) is 0 Å². The fourth-order valence-electron chi connectivity index (χ4n) is 2.54. The van der Waals surface area contributed by atoms with E-state index in [0.717, 1.165) is 17.1 Å². The lowest BCUT2D eigenvalue weighted by atomic mass is 10.2. The molecular formula is C21H24N6O. The Balaban J connectivity index is 1.62. The number of hydrogen-bond acceptors (Lipinski definition) is 6. The molecule has 1 amide bonds. The van der Waals surface area contributed by atoms with Crippen molar-refractivity contribution in [2.24, 2.45) is 0 Å². The van der Waals surface area contributed by atoms with Crippen molar-refractivity contribution in [3.8, 4) is 0 Å². The number of amides is 1. The summed E-state index contributed by atoms with van der Waals surface area (Å²) in [5, 5.41) is 6.00. The number of aromatic nitrogens is 2. The highest BCUT2D eigenvalue weighted by Crippen LogP contribution is 2.19. The van der Waals surface area contributed by atoms with Gasteiger partial charge in [0.1, 0.15) is 11.5 Å². The SMILES string of the molecule is CN(C)c1ccc(NC(=O)c2cnc(Nc3ccc(N(C)C)cc3)cn2)cc1. The fraction of sp³-hybridized carbons (Fsp3) is 0.190. The van der Waals surface area contributed by atoms with Crippen molar-refractivity contribution in [1.29, 1.82) is 0 Å². The Labute approximate surface area is 165 Å². The minimum absolute atomic E-state index is 0.255. The molecule has 0 saturated carbocycles. The molecule has 3 rings (SSSR count). The molecule has 1 aromatic heterocycles. The van der Waals surface area contributed by atoms with E-state index in [1.165, 1.54) is 6.20 Å². The molecule has 0 spiro atoms. The van der Waals surface area contributed by atoms with E-state index in [2.05, 4.69) is 20.6 Å². The van der Waals surface area contributed by atoms with E-state index in [0.29, 0.717) is 11.5 Å². The lowest BCUT2D eigenvalue weighted by Gasteiger charge is -2.13. The zero-order valence-electron chi connectivity index (χ0n) is 16.5. The van der Waals surface area contributed by atoms with Crippen LogP contribution in [0.2, 0.25) is 0 Å². The van der Waals surface area contributed by atoms with Crippen LogP contribution in [0, 0.1) is 0 Å². The summed E-state index contributed by atoms with van der Waals surface area (Å²) in [6.45, 7) is 0. The number of rotatable bonds is 6. The van der Waals surface area contributed by atoms with Gasteiger partial charge in [0, 0.05) is 50.9 Å². The number of hydrogen-bond donors (Lipinski definition) is 2. The van der Waals surface area contributed by atoms with Crippen LogP contribution in [0.4, 0.5) is 28.6 Å². The number of carbonyl (C=O) groups excluding carboxylic acids is 1. The molecule has 0 radical (unpaired) electrons. The molecule has 0 aliphatic carbocycles. The van der Waals surface area contributed by atoms with Crippen molar-refractivity contribution in [1.82, 2.24) is 9.97 Å². The first-order valence-corrected chi connectivity index (χ1v) is 8.87. The van der Waals surface area contributed by atoms with Crippen LogP contribution in [-0.2, 0) is 0 Å². The van der Waals surface area contributed by atoms with Gasteiger partial charge in [-0.05, 0) is 48.5 Å². The number of nitrogens with one attached hydrogen (secondary N) is 2. The van der Waals surface area contributed by atoms with Crippen molar-refractivity contribution >= 4 is 34.5 Å². The smallest absolute Gasteiger partial charge is 0.275 e. The summed E-state index contributed by atoms with van der Waals surface area (Å²) >= 11 is 0. The fourth-order valence-corrected chi connectivity index (χ4v) is 2.54. The van der Waals surface area contributed by atoms with Crippen LogP contribution in [0.15, 0.2) is 60.9 Å². The number of nitrogens with zero attached hydrogens (tertiary/aromatic N) is 4. The van der Waals surface area contributed by atoms with Crippen molar-refractivity contribution in [2.75, 3.05) is 48.6 Å². The predicted octanol–water partition coefficient (Wildman–Crippen LogP) is 3.60. The quantitative estimate of drug-likeness (QED) is 0.685. The van der Waals surface area contributed by atoms with Gasteiger partial charge in [-0.15, -0.1) is 0 Å². The Morgan fingerprint density at radius 1 is 0.750 bits per heavy atom. The van der Waals surface area contributed by atoms with Crippen molar-refractivity contribution in [2.45, 2.75) is 0 Å². The molecule has 144 valence electrons. The van der Waals surface area contributed by atoms with Crippen molar-refractivity contribution in [3.63, 3.8) is 0 Å². The molecule has 0 saturated heterocycles. The van der Waals surface area contributed by atoms with Crippen LogP contribution in [0.1, 0.15) is 10.5 Å². The Bertz CT molecular complexity index is 919. The van der Waals surface area contributed by atoms with E-state index >= 15 is 0 Å². The number of anilines is 5. The van der Waals surface area contributed by atoms with E-state index in [1.54, 1.807) is 6.20 Å². The van der Waals surface area contributed by atoms with Gasteiger partial charge in [0.25, 0.3) is 5.91 Å². The standard InChI is InChI=1S/C21H24N6O/c1-26(2)17-9-5-15(6-10-17)24-20-14-22-19(13-23-20)21(28)25-16-7-11-18(12-8-16)27(3)4/h5-14H,1-4H3,(H,23,24)(H,25,28). The maximum atomic E-state index is 12.4. The highest BCUT2D eigenvalue weighted by atomic mass is 16.1. The second-order valence-corrected chi connectivity index (χ2v) is 6.75. The third kappa shape index (κ3) is 4.76. The van der Waals surface area contributed by atoms with Gasteiger partial charge in [-0.2, -0.15) is 0 Å². The van der Waals surface area contributed by atoms with Crippen LogP contribution in [-0.4, -0.2) is 44.1 Å². The molecule has 1 heterocycles. The first-order valence-electron chi connectivity index (χ1n) is 8.87. The second kappa shape index (κ2) is 8.39. The van der Waals surface area contributed by atoms with Gasteiger partial charge in [0.15, 0.2) is 0 Å². The van der Waals surface area contributed by atoms with Crippen LogP contribution in [0.3, 0.4) is 0 Å². The molecule has 3 aromatic rings. The maximum Gasteiger partial charge on any atom is 0.275 e. The van der Waals surface area contributed by atoms with E-state index in [1.807, 2.05) is 86.5 Å². The Morgan fingerprint density at radius 2 is 1.29 bits per heavy atom. The number of benzene rings is 2. The van der Waals surface area contributed by atoms with Gasteiger partial charge < -0.3 is 20.4 Å². The maximum absolute atomic E-state index is 12.4. The topological polar surface area (TPSA) is 73.4 Å². The van der Waals surface area contributed by atoms with Crippen LogP contribution >= 0.6 is 0 Å². The van der Waals surface area contributed by atoms with E-state index < -0.39 is 0 Å². The molecule has 2 N–H and O–H groups in total. The highest BCUT2D eigenvalue weighted by Gasteiger charge is 2.09. The minimum atomic E-state index is -0.299. The normalized spacial score (nSPS) is 10.3. The molecular weight excluding hydrogens is 352 g/mol. The molecule has 2 aromatic carbocycles. The van der Waals surface area contributed by atoms with E-state index in [4.69, 9.17) is 0 Å². The monoisotopic (exact) mass is 376 g/mol. The number of carbonyl (C=O) groups is 1. The highest BCUT2D eigenvalue weighted by molar-refractivity contribution is 6.02. The summed E-state index contributed by atoms with van der Waals surface area (Å²) in [4.78, 5) is 24.9. The Kier molecular flexibility index (Phi) is 5.74. The molecule has 0 unspecified atom stereocenters. The zero-order valence-corrected chi connectivity index (χ0v) is 16.5. The third-order valence-electron chi connectivity index (χ3n) is 4.18. The predicted molar refractivity (Wildman–Crippen MR) is 115 cm³/mol. The van der Waals surface area contributed by atoms with Gasteiger partial charge in [0.05, 0.1) is 12.4 Å². The zero-order chi connectivity index (χ0) is 20.1. The molecule has 0 aliphatic rings. The summed E-state index contributed by atoms with van der Waals surface area (Å²) in [6.07, 6.45) is 3.00. The molecule has 7 nitrogen and oxygen atoms in total. The summed E-state index contributed by atoms with van der Waals surface area (Å²) < 4.78 is 0. The van der Waals surface area contributed by atoms with Crippen molar-refractivity contribution in [3.05, 3.63) is 66.6 Å². The lowest BCUT2D eigenvalue weighted by Crippen LogP contribution is -2.14. The molecule has 28 heavy (non-hydrogen) atoms. The molecule has 0 fully saturated rings. The summed E-state index contributed by atoms with van der Waals surface area (Å²) in [5.74, 6) is 0.275. The van der Waals surface area contributed by atoms with E-state index in [9.17, 15) is 4.79 Å². The minimum Gasteiger partial charge on any atom is -0.378 e. The first-order chi connectivity index (χ1) is 13.4. The first kappa shape index (κ1) is 19.2. The van der Waals surface area contributed by atoms with Gasteiger partial charge in [-0.1, -0.05) is 0 Å². The van der Waals surface area contributed by atoms with Crippen LogP contribution in [0.5, 0.6) is 0 Å². The summed E-state index contributed by atoms with van der Waals surface area (Å²) in [7, 11) is 7.92. The summed E-state index contributed by atoms with van der Waals surface area (Å²) in [6, 6.07) is 15.6. The van der Waals surface area contributed by atoms with Crippen molar-refractivity contribution < 1.29 is 4.79 Å². The van der Waals surface area contributed by atoms with Crippen LogP contribution in [0.25, 0.3) is 0 Å². The molecule has 0 bridgehead atoms. The van der Waals surface area contributed by atoms with Gasteiger partial charge in [-0.3, -0.25) is 4.79 Å². The third-order valence-corrected chi connectivity index (χ3v) is 4.18. The van der Waals surface area contributed by atoms with Gasteiger partial charge in [-0.25, -0.2) is 9.97 Å². The molecule has 0 atom stereocenters. The lowest BCUT2D eigenvalue weighted by molar-refractivity contribution is 0.102.